The van der Waals surface area contributed by atoms with Crippen LogP contribution in [0.2, 0.25) is 0 Å². The van der Waals surface area contributed by atoms with E-state index in [1.54, 1.807) is 0 Å². The van der Waals surface area contributed by atoms with Crippen LogP contribution < -0.4 is 5.73 Å². The van der Waals surface area contributed by atoms with Crippen molar-refractivity contribution in [2.75, 3.05) is 33.7 Å². The number of nitrogens with zero attached hydrogens (tertiary/aromatic N) is 2. The lowest BCUT2D eigenvalue weighted by atomic mass is 9.87. The minimum atomic E-state index is 0.223. The lowest BCUT2D eigenvalue weighted by Gasteiger charge is -2.34. The molecule has 0 spiro atoms. The standard InChI is InChI=1S/C13H27N3O/c1-11-4-6-12(7-5-11)16(3)13(17)10-15(2)9-8-14/h11-12H,4-10,14H2,1-3H3. The Morgan fingerprint density at radius 3 is 2.35 bits per heavy atom. The molecule has 4 nitrogen and oxygen atoms in total. The molecule has 0 aromatic carbocycles. The van der Waals surface area contributed by atoms with Crippen LogP contribution in [0, 0.1) is 5.92 Å². The fourth-order valence-electron chi connectivity index (χ4n) is 2.48. The quantitative estimate of drug-likeness (QED) is 0.778. The van der Waals surface area contributed by atoms with Crippen molar-refractivity contribution >= 4 is 5.91 Å². The molecular weight excluding hydrogens is 214 g/mol. The fraction of sp³-hybridized carbons (Fsp3) is 0.923. The Labute approximate surface area is 105 Å². The van der Waals surface area contributed by atoms with Gasteiger partial charge in [-0.25, -0.2) is 0 Å². The molecule has 4 heteroatoms. The monoisotopic (exact) mass is 241 g/mol. The number of carbonyl (C=O) groups is 1. The number of nitrogens with two attached hydrogens (primary N) is 1. The van der Waals surface area contributed by atoms with Crippen LogP contribution >= 0.6 is 0 Å². The van der Waals surface area contributed by atoms with Gasteiger partial charge in [-0.3, -0.25) is 9.69 Å². The van der Waals surface area contributed by atoms with Crippen LogP contribution in [0.3, 0.4) is 0 Å². The molecule has 1 saturated carbocycles. The molecule has 1 amide bonds. The minimum absolute atomic E-state index is 0.223. The summed E-state index contributed by atoms with van der Waals surface area (Å²) in [6.07, 6.45) is 4.82. The van der Waals surface area contributed by atoms with Crippen molar-refractivity contribution in [1.82, 2.24) is 9.80 Å². The third kappa shape index (κ3) is 4.64. The number of likely N-dealkylation sites (N-methyl/N-ethyl adjacent to an activating group) is 2. The van der Waals surface area contributed by atoms with Gasteiger partial charge in [0.1, 0.15) is 0 Å². The molecule has 100 valence electrons. The molecule has 2 N–H and O–H groups in total. The van der Waals surface area contributed by atoms with E-state index in [9.17, 15) is 4.79 Å². The second-order valence-electron chi connectivity index (χ2n) is 5.44. The molecule has 1 rings (SSSR count). The van der Waals surface area contributed by atoms with Crippen LogP contribution in [0.4, 0.5) is 0 Å². The fourth-order valence-corrected chi connectivity index (χ4v) is 2.48. The first-order valence-corrected chi connectivity index (χ1v) is 6.68. The summed E-state index contributed by atoms with van der Waals surface area (Å²) in [6.45, 7) is 4.17. The average Bonchev–Trinajstić information content (AvgIpc) is 2.29. The van der Waals surface area contributed by atoms with Crippen molar-refractivity contribution in [2.24, 2.45) is 11.7 Å². The van der Waals surface area contributed by atoms with E-state index in [4.69, 9.17) is 5.73 Å². The van der Waals surface area contributed by atoms with Gasteiger partial charge in [0.25, 0.3) is 0 Å². The van der Waals surface area contributed by atoms with E-state index in [2.05, 4.69) is 6.92 Å². The Hall–Kier alpha value is -0.610. The minimum Gasteiger partial charge on any atom is -0.342 e. The van der Waals surface area contributed by atoms with Crippen LogP contribution in [-0.4, -0.2) is 55.5 Å². The number of hydrogen-bond donors (Lipinski definition) is 1. The van der Waals surface area contributed by atoms with E-state index in [0.717, 1.165) is 25.3 Å². The average molecular weight is 241 g/mol. The molecule has 0 unspecified atom stereocenters. The first-order chi connectivity index (χ1) is 8.04. The Balaban J connectivity index is 2.35. The second-order valence-corrected chi connectivity index (χ2v) is 5.44. The summed E-state index contributed by atoms with van der Waals surface area (Å²) in [7, 11) is 3.89. The molecule has 1 fully saturated rings. The van der Waals surface area contributed by atoms with Crippen LogP contribution in [0.15, 0.2) is 0 Å². The maximum atomic E-state index is 12.1. The summed E-state index contributed by atoms with van der Waals surface area (Å²) in [5.41, 5.74) is 5.47. The van der Waals surface area contributed by atoms with Gasteiger partial charge in [0.05, 0.1) is 6.54 Å². The maximum Gasteiger partial charge on any atom is 0.236 e. The Morgan fingerprint density at radius 2 is 1.82 bits per heavy atom. The molecule has 17 heavy (non-hydrogen) atoms. The molecule has 0 saturated heterocycles. The summed E-state index contributed by atoms with van der Waals surface area (Å²) in [4.78, 5) is 16.0. The summed E-state index contributed by atoms with van der Waals surface area (Å²) in [6, 6.07) is 0.449. The third-order valence-electron chi connectivity index (χ3n) is 3.84. The summed E-state index contributed by atoms with van der Waals surface area (Å²) in [5, 5.41) is 0. The maximum absolute atomic E-state index is 12.1. The molecular formula is C13H27N3O. The SMILES string of the molecule is CC1CCC(N(C)C(=O)CN(C)CCN)CC1. The second kappa shape index (κ2) is 6.97. The van der Waals surface area contributed by atoms with E-state index in [-0.39, 0.29) is 5.91 Å². The number of rotatable bonds is 5. The topological polar surface area (TPSA) is 49.6 Å². The van der Waals surface area contributed by atoms with Crippen molar-refractivity contribution in [3.63, 3.8) is 0 Å². The van der Waals surface area contributed by atoms with Crippen LogP contribution in [0.5, 0.6) is 0 Å². The van der Waals surface area contributed by atoms with Crippen LogP contribution in [-0.2, 0) is 4.79 Å². The molecule has 0 aliphatic heterocycles. The van der Waals surface area contributed by atoms with Gasteiger partial charge in [0, 0.05) is 26.2 Å². The first kappa shape index (κ1) is 14.5. The highest BCUT2D eigenvalue weighted by atomic mass is 16.2. The zero-order valence-electron chi connectivity index (χ0n) is 11.5. The Morgan fingerprint density at radius 1 is 1.24 bits per heavy atom. The predicted molar refractivity (Wildman–Crippen MR) is 70.7 cm³/mol. The smallest absolute Gasteiger partial charge is 0.236 e. The molecule has 1 aliphatic carbocycles. The van der Waals surface area contributed by atoms with Crippen molar-refractivity contribution < 1.29 is 4.79 Å². The zero-order valence-corrected chi connectivity index (χ0v) is 11.5. The lowest BCUT2D eigenvalue weighted by Crippen LogP contribution is -2.44. The van der Waals surface area contributed by atoms with Crippen LogP contribution in [0.25, 0.3) is 0 Å². The molecule has 0 aromatic rings. The van der Waals surface area contributed by atoms with Gasteiger partial charge in [0.2, 0.25) is 5.91 Å². The van der Waals surface area contributed by atoms with Crippen molar-refractivity contribution in [3.8, 4) is 0 Å². The van der Waals surface area contributed by atoms with Crippen LogP contribution in [0.1, 0.15) is 32.6 Å². The first-order valence-electron chi connectivity index (χ1n) is 6.68. The third-order valence-corrected chi connectivity index (χ3v) is 3.84. The lowest BCUT2D eigenvalue weighted by molar-refractivity contribution is -0.133. The van der Waals surface area contributed by atoms with Gasteiger partial charge in [0.15, 0.2) is 0 Å². The number of amides is 1. The number of carbonyl (C=O) groups excluding carboxylic acids is 1. The summed E-state index contributed by atoms with van der Waals surface area (Å²) >= 11 is 0. The predicted octanol–water partition coefficient (Wildman–Crippen LogP) is 0.914. The normalized spacial score (nSPS) is 25.0. The van der Waals surface area contributed by atoms with Gasteiger partial charge in [-0.15, -0.1) is 0 Å². The van der Waals surface area contributed by atoms with E-state index in [0.29, 0.717) is 19.1 Å². The molecule has 0 atom stereocenters. The Bertz CT molecular complexity index is 237. The van der Waals surface area contributed by atoms with Gasteiger partial charge in [-0.05, 0) is 38.6 Å². The highest BCUT2D eigenvalue weighted by Crippen LogP contribution is 2.26. The van der Waals surface area contributed by atoms with Gasteiger partial charge in [-0.1, -0.05) is 6.92 Å². The highest BCUT2D eigenvalue weighted by molar-refractivity contribution is 5.78. The molecule has 0 aromatic heterocycles. The largest absolute Gasteiger partial charge is 0.342 e. The van der Waals surface area contributed by atoms with Crippen molar-refractivity contribution in [2.45, 2.75) is 38.6 Å². The molecule has 0 heterocycles. The van der Waals surface area contributed by atoms with E-state index >= 15 is 0 Å². The van der Waals surface area contributed by atoms with E-state index < -0.39 is 0 Å². The zero-order chi connectivity index (χ0) is 12.8. The van der Waals surface area contributed by atoms with Gasteiger partial charge in [-0.2, -0.15) is 0 Å². The van der Waals surface area contributed by atoms with Gasteiger partial charge >= 0.3 is 0 Å². The number of hydrogen-bond acceptors (Lipinski definition) is 3. The van der Waals surface area contributed by atoms with Gasteiger partial charge < -0.3 is 10.6 Å². The highest BCUT2D eigenvalue weighted by Gasteiger charge is 2.24. The molecule has 0 bridgehead atoms. The summed E-state index contributed by atoms with van der Waals surface area (Å²) < 4.78 is 0. The van der Waals surface area contributed by atoms with Crippen molar-refractivity contribution in [1.29, 1.82) is 0 Å². The van der Waals surface area contributed by atoms with E-state index in [1.165, 1.54) is 12.8 Å². The molecule has 1 aliphatic rings. The molecule has 0 radical (unpaired) electrons. The van der Waals surface area contributed by atoms with E-state index in [1.807, 2.05) is 23.9 Å². The summed E-state index contributed by atoms with van der Waals surface area (Å²) in [5.74, 6) is 1.05. The van der Waals surface area contributed by atoms with Crippen molar-refractivity contribution in [3.05, 3.63) is 0 Å². The Kier molecular flexibility index (Phi) is 5.92.